The summed E-state index contributed by atoms with van der Waals surface area (Å²) in [5.74, 6) is 1.04. The fourth-order valence-corrected chi connectivity index (χ4v) is 6.23. The molecule has 0 amide bonds. The van der Waals surface area contributed by atoms with Crippen molar-refractivity contribution in [3.63, 3.8) is 0 Å². The largest absolute Gasteiger partial charge is 0.461 e. The van der Waals surface area contributed by atoms with Gasteiger partial charge >= 0.3 is 0 Å². The first kappa shape index (κ1) is 23.0. The number of nitrogens with zero attached hydrogens (tertiary/aromatic N) is 2. The number of hydrogen-bond acceptors (Lipinski definition) is 6. The monoisotopic (exact) mass is 473 g/mol. The van der Waals surface area contributed by atoms with Gasteiger partial charge in [-0.05, 0) is 42.0 Å². The third-order valence-corrected chi connectivity index (χ3v) is 8.07. The van der Waals surface area contributed by atoms with Crippen molar-refractivity contribution in [2.45, 2.75) is 63.7 Å². The minimum Gasteiger partial charge on any atom is -0.461 e. The van der Waals surface area contributed by atoms with E-state index in [4.69, 9.17) is 4.42 Å². The molecule has 3 aliphatic rings. The molecule has 184 valence electrons. The van der Waals surface area contributed by atoms with Crippen molar-refractivity contribution in [2.75, 3.05) is 19.6 Å². The molecule has 1 aliphatic carbocycles. The first-order valence-corrected chi connectivity index (χ1v) is 13.0. The Morgan fingerprint density at radius 1 is 1.09 bits per heavy atom. The van der Waals surface area contributed by atoms with Gasteiger partial charge in [0.1, 0.15) is 23.8 Å². The molecule has 3 N–H and O–H groups in total. The Hall–Kier alpha value is -2.48. The maximum Gasteiger partial charge on any atom is 0.134 e. The van der Waals surface area contributed by atoms with Gasteiger partial charge in [-0.2, -0.15) is 0 Å². The SMILES string of the molecule is CCc1oc2ccccc2c1CN1CCN2C(O)C(Cc3cccc4c3C=CCC4)NC(O)C2C1. The summed E-state index contributed by atoms with van der Waals surface area (Å²) in [5.41, 5.74) is 6.08. The average molecular weight is 474 g/mol. The van der Waals surface area contributed by atoms with Crippen molar-refractivity contribution in [3.05, 3.63) is 76.6 Å². The van der Waals surface area contributed by atoms with Crippen molar-refractivity contribution >= 4 is 17.0 Å². The zero-order valence-electron chi connectivity index (χ0n) is 20.4. The lowest BCUT2D eigenvalue weighted by molar-refractivity contribution is -0.155. The van der Waals surface area contributed by atoms with Crippen LogP contribution in [-0.4, -0.2) is 64.2 Å². The molecule has 0 radical (unpaired) electrons. The topological polar surface area (TPSA) is 72.1 Å². The third kappa shape index (κ3) is 4.24. The summed E-state index contributed by atoms with van der Waals surface area (Å²) in [6.07, 6.45) is 6.83. The zero-order valence-corrected chi connectivity index (χ0v) is 20.4. The maximum absolute atomic E-state index is 11.3. The molecule has 0 spiro atoms. The van der Waals surface area contributed by atoms with Gasteiger partial charge in [0.15, 0.2) is 0 Å². The van der Waals surface area contributed by atoms with E-state index in [1.807, 2.05) is 12.1 Å². The number of rotatable bonds is 5. The number of fused-ring (bicyclic) bond motifs is 3. The van der Waals surface area contributed by atoms with Gasteiger partial charge in [-0.15, -0.1) is 0 Å². The number of aliphatic hydroxyl groups excluding tert-OH is 2. The fraction of sp³-hybridized carbons (Fsp3) is 0.448. The molecule has 4 atom stereocenters. The lowest BCUT2D eigenvalue weighted by Crippen LogP contribution is -2.72. The Morgan fingerprint density at radius 2 is 1.97 bits per heavy atom. The van der Waals surface area contributed by atoms with E-state index in [1.165, 1.54) is 27.6 Å². The van der Waals surface area contributed by atoms with Gasteiger partial charge in [-0.3, -0.25) is 15.1 Å². The average Bonchev–Trinajstić information content (AvgIpc) is 3.25. The van der Waals surface area contributed by atoms with E-state index in [0.29, 0.717) is 13.0 Å². The number of aryl methyl sites for hydroxylation is 2. The van der Waals surface area contributed by atoms with Crippen molar-refractivity contribution in [1.29, 1.82) is 0 Å². The van der Waals surface area contributed by atoms with Crippen molar-refractivity contribution in [2.24, 2.45) is 0 Å². The summed E-state index contributed by atoms with van der Waals surface area (Å²) in [5, 5.41) is 26.9. The maximum atomic E-state index is 11.3. The van der Waals surface area contributed by atoms with E-state index in [0.717, 1.165) is 50.2 Å². The third-order valence-electron chi connectivity index (χ3n) is 8.07. The number of hydrogen-bond donors (Lipinski definition) is 3. The molecule has 6 rings (SSSR count). The number of allylic oxidation sites excluding steroid dienone is 1. The molecule has 2 aliphatic heterocycles. The van der Waals surface area contributed by atoms with Gasteiger partial charge in [0.2, 0.25) is 0 Å². The van der Waals surface area contributed by atoms with Crippen LogP contribution in [0.5, 0.6) is 0 Å². The normalized spacial score (nSPS) is 27.2. The molecule has 6 nitrogen and oxygen atoms in total. The van der Waals surface area contributed by atoms with Crippen molar-refractivity contribution in [1.82, 2.24) is 15.1 Å². The molecule has 4 unspecified atom stereocenters. The molecule has 35 heavy (non-hydrogen) atoms. The lowest BCUT2D eigenvalue weighted by atomic mass is 9.89. The molecule has 6 heteroatoms. The second-order valence-corrected chi connectivity index (χ2v) is 10.2. The summed E-state index contributed by atoms with van der Waals surface area (Å²) < 4.78 is 6.10. The second-order valence-electron chi connectivity index (χ2n) is 10.2. The van der Waals surface area contributed by atoms with E-state index in [2.05, 4.69) is 64.5 Å². The zero-order chi connectivity index (χ0) is 23.9. The number of aliphatic hydroxyl groups is 2. The number of nitrogens with one attached hydrogen (secondary N) is 1. The highest BCUT2D eigenvalue weighted by atomic mass is 16.3. The molecule has 0 bridgehead atoms. The molecule has 3 aromatic rings. The van der Waals surface area contributed by atoms with Crippen LogP contribution in [0.2, 0.25) is 0 Å². The predicted octanol–water partition coefficient (Wildman–Crippen LogP) is 3.29. The van der Waals surface area contributed by atoms with E-state index in [-0.39, 0.29) is 12.1 Å². The Balaban J connectivity index is 1.17. The van der Waals surface area contributed by atoms with Crippen LogP contribution in [0.25, 0.3) is 17.0 Å². The van der Waals surface area contributed by atoms with E-state index < -0.39 is 12.5 Å². The molecule has 1 aromatic heterocycles. The predicted molar refractivity (Wildman–Crippen MR) is 138 cm³/mol. The van der Waals surface area contributed by atoms with Gasteiger partial charge in [0.05, 0.1) is 12.1 Å². The fourth-order valence-electron chi connectivity index (χ4n) is 6.23. The summed E-state index contributed by atoms with van der Waals surface area (Å²) in [4.78, 5) is 4.48. The van der Waals surface area contributed by atoms with Gasteiger partial charge < -0.3 is 14.6 Å². The number of para-hydroxylation sites is 1. The van der Waals surface area contributed by atoms with E-state index in [9.17, 15) is 10.2 Å². The number of furan rings is 1. The highest BCUT2D eigenvalue weighted by molar-refractivity contribution is 5.82. The Kier molecular flexibility index (Phi) is 6.25. The van der Waals surface area contributed by atoms with Gasteiger partial charge in [-0.25, -0.2) is 0 Å². The van der Waals surface area contributed by atoms with Gasteiger partial charge in [0.25, 0.3) is 0 Å². The Bertz CT molecular complexity index is 1240. The summed E-state index contributed by atoms with van der Waals surface area (Å²) in [6.45, 7) is 5.19. The van der Waals surface area contributed by atoms with Crippen LogP contribution in [0.1, 0.15) is 41.4 Å². The number of benzene rings is 2. The standard InChI is InChI=1S/C29H35N3O3/c1-2-26-23(22-12-5-6-13-27(22)35-26)17-31-14-15-32-25(18-31)28(33)30-24(29(32)34)16-20-10-7-9-19-8-3-4-11-21(19)20/h4-7,9-13,24-25,28-30,33-34H,2-3,8,14-18H2,1H3. The number of piperazine rings is 2. The van der Waals surface area contributed by atoms with Crippen molar-refractivity contribution in [3.8, 4) is 0 Å². The molecular formula is C29H35N3O3. The molecule has 2 saturated heterocycles. The van der Waals surface area contributed by atoms with Crippen molar-refractivity contribution < 1.29 is 14.6 Å². The van der Waals surface area contributed by atoms with Crippen LogP contribution in [0, 0.1) is 0 Å². The first-order valence-electron chi connectivity index (χ1n) is 13.0. The van der Waals surface area contributed by atoms with Crippen LogP contribution in [0.4, 0.5) is 0 Å². The molecule has 2 fully saturated rings. The second kappa shape index (κ2) is 9.52. The smallest absolute Gasteiger partial charge is 0.134 e. The van der Waals surface area contributed by atoms with Gasteiger partial charge in [0, 0.05) is 43.5 Å². The first-order chi connectivity index (χ1) is 17.1. The van der Waals surface area contributed by atoms with Crippen LogP contribution in [0.3, 0.4) is 0 Å². The Morgan fingerprint density at radius 3 is 2.86 bits per heavy atom. The van der Waals surface area contributed by atoms with Crippen LogP contribution >= 0.6 is 0 Å². The highest BCUT2D eigenvalue weighted by Gasteiger charge is 2.44. The summed E-state index contributed by atoms with van der Waals surface area (Å²) >= 11 is 0. The summed E-state index contributed by atoms with van der Waals surface area (Å²) in [7, 11) is 0. The minimum absolute atomic E-state index is 0.150. The highest BCUT2D eigenvalue weighted by Crippen LogP contribution is 2.31. The van der Waals surface area contributed by atoms with Crippen LogP contribution in [-0.2, 0) is 25.8 Å². The Labute approximate surface area is 206 Å². The quantitative estimate of drug-likeness (QED) is 0.528. The van der Waals surface area contributed by atoms with E-state index in [1.54, 1.807) is 0 Å². The van der Waals surface area contributed by atoms with Crippen LogP contribution < -0.4 is 5.32 Å². The molecule has 2 aromatic carbocycles. The van der Waals surface area contributed by atoms with E-state index >= 15 is 0 Å². The molecular weight excluding hydrogens is 438 g/mol. The van der Waals surface area contributed by atoms with Crippen LogP contribution in [0.15, 0.2) is 53.0 Å². The molecule has 3 heterocycles. The van der Waals surface area contributed by atoms with Gasteiger partial charge in [-0.1, -0.05) is 55.5 Å². The summed E-state index contributed by atoms with van der Waals surface area (Å²) in [6, 6.07) is 14.3. The molecule has 0 saturated carbocycles. The minimum atomic E-state index is -0.687. The lowest BCUT2D eigenvalue weighted by Gasteiger charge is -2.51.